The summed E-state index contributed by atoms with van der Waals surface area (Å²) in [6, 6.07) is 14.1. The average Bonchev–Trinajstić information content (AvgIpc) is 2.71. The van der Waals surface area contributed by atoms with Crippen LogP contribution in [0.3, 0.4) is 0 Å². The van der Waals surface area contributed by atoms with Crippen LogP contribution in [0.2, 0.25) is 0 Å². The summed E-state index contributed by atoms with van der Waals surface area (Å²) in [4.78, 5) is 2.19. The normalized spacial score (nSPS) is 14.8. The maximum Gasteiger partial charge on any atom is 0.127 e. The Morgan fingerprint density at radius 2 is 1.85 bits per heavy atom. The third kappa shape index (κ3) is 3.94. The van der Waals surface area contributed by atoms with Gasteiger partial charge in [-0.3, -0.25) is 0 Å². The van der Waals surface area contributed by atoms with Crippen LogP contribution in [0.4, 0.5) is 0 Å². The summed E-state index contributed by atoms with van der Waals surface area (Å²) in [5.41, 5.74) is 6.03. The number of phenolic OH excluding ortho intramolecular Hbond substituents is 1. The predicted molar refractivity (Wildman–Crippen MR) is 108 cm³/mol. The van der Waals surface area contributed by atoms with E-state index in [4.69, 9.17) is 4.74 Å². The number of aromatic hydroxyl groups is 1. The van der Waals surface area contributed by atoms with Crippen molar-refractivity contribution in [2.45, 2.75) is 32.6 Å². The van der Waals surface area contributed by atoms with Gasteiger partial charge in [-0.05, 0) is 66.0 Å². The number of nitrogens with zero attached hydrogens (tertiary/aromatic N) is 1. The minimum Gasteiger partial charge on any atom is -0.508 e. The molecule has 0 aliphatic carbocycles. The first-order valence-electron chi connectivity index (χ1n) is 9.19. The number of benzene rings is 2. The van der Waals surface area contributed by atoms with Crippen LogP contribution in [-0.4, -0.2) is 37.3 Å². The summed E-state index contributed by atoms with van der Waals surface area (Å²) in [7, 11) is 4.18. The first-order chi connectivity index (χ1) is 12.3. The second kappa shape index (κ2) is 7.16. The quantitative estimate of drug-likeness (QED) is 0.859. The average molecular weight is 351 g/mol. The lowest BCUT2D eigenvalue weighted by Crippen LogP contribution is -2.17. The largest absolute Gasteiger partial charge is 0.508 e. The van der Waals surface area contributed by atoms with Crippen molar-refractivity contribution in [2.24, 2.45) is 0 Å². The minimum atomic E-state index is 0.0625. The molecule has 0 spiro atoms. The van der Waals surface area contributed by atoms with E-state index in [-0.39, 0.29) is 11.2 Å². The van der Waals surface area contributed by atoms with Crippen molar-refractivity contribution in [1.29, 1.82) is 0 Å². The van der Waals surface area contributed by atoms with Gasteiger partial charge in [-0.1, -0.05) is 39.0 Å². The van der Waals surface area contributed by atoms with Gasteiger partial charge in [-0.25, -0.2) is 0 Å². The van der Waals surface area contributed by atoms with Gasteiger partial charge in [0.25, 0.3) is 0 Å². The monoisotopic (exact) mass is 351 g/mol. The summed E-state index contributed by atoms with van der Waals surface area (Å²) in [5, 5.41) is 10.0. The van der Waals surface area contributed by atoms with Crippen molar-refractivity contribution < 1.29 is 9.84 Å². The van der Waals surface area contributed by atoms with Crippen LogP contribution in [-0.2, 0) is 5.41 Å². The van der Waals surface area contributed by atoms with E-state index in [2.05, 4.69) is 64.0 Å². The van der Waals surface area contributed by atoms with E-state index in [1.165, 1.54) is 16.7 Å². The first-order valence-corrected chi connectivity index (χ1v) is 9.19. The number of rotatable bonds is 3. The summed E-state index contributed by atoms with van der Waals surface area (Å²) < 4.78 is 6.09. The summed E-state index contributed by atoms with van der Waals surface area (Å²) in [6.07, 6.45) is 0.878. The molecule has 0 aromatic heterocycles. The molecule has 0 saturated heterocycles. The minimum absolute atomic E-state index is 0.0625. The molecule has 0 saturated carbocycles. The molecule has 0 bridgehead atoms. The van der Waals surface area contributed by atoms with Crippen LogP contribution in [0.15, 0.2) is 48.0 Å². The molecule has 1 N–H and O–H groups in total. The topological polar surface area (TPSA) is 32.7 Å². The van der Waals surface area contributed by atoms with Gasteiger partial charge < -0.3 is 14.7 Å². The van der Waals surface area contributed by atoms with Gasteiger partial charge in [0.2, 0.25) is 0 Å². The second-order valence-corrected chi connectivity index (χ2v) is 8.33. The fraction of sp³-hybridized carbons (Fsp3) is 0.391. The molecule has 0 radical (unpaired) electrons. The number of phenols is 1. The van der Waals surface area contributed by atoms with E-state index in [0.29, 0.717) is 6.61 Å². The Kier molecular flexibility index (Phi) is 5.10. The number of hydrogen-bond donors (Lipinski definition) is 1. The van der Waals surface area contributed by atoms with Crippen molar-refractivity contribution in [3.8, 4) is 11.5 Å². The summed E-state index contributed by atoms with van der Waals surface area (Å²) in [5.74, 6) is 1.21. The van der Waals surface area contributed by atoms with Crippen molar-refractivity contribution in [3.05, 3.63) is 64.7 Å². The van der Waals surface area contributed by atoms with E-state index >= 15 is 0 Å². The zero-order valence-corrected chi connectivity index (χ0v) is 16.5. The van der Waals surface area contributed by atoms with Gasteiger partial charge in [0, 0.05) is 18.5 Å². The van der Waals surface area contributed by atoms with Crippen LogP contribution < -0.4 is 4.74 Å². The Balaban J connectivity index is 2.27. The van der Waals surface area contributed by atoms with Crippen molar-refractivity contribution >= 4 is 5.57 Å². The molecule has 1 aliphatic rings. The molecule has 1 aliphatic heterocycles. The summed E-state index contributed by atoms with van der Waals surface area (Å²) in [6.45, 7) is 8.22. The molecule has 3 nitrogen and oxygen atoms in total. The Morgan fingerprint density at radius 3 is 2.50 bits per heavy atom. The van der Waals surface area contributed by atoms with Gasteiger partial charge in [0.05, 0.1) is 6.61 Å². The fourth-order valence-corrected chi connectivity index (χ4v) is 3.48. The van der Waals surface area contributed by atoms with Crippen LogP contribution >= 0.6 is 0 Å². The van der Waals surface area contributed by atoms with E-state index in [1.807, 2.05) is 12.1 Å². The Labute approximate surface area is 156 Å². The highest BCUT2D eigenvalue weighted by Crippen LogP contribution is 2.40. The standard InChI is InChI=1S/C23H29NO2/c1-23(2,3)18-9-10-21-20(14-18)22(16-7-6-8-19(25)13-16)17(11-12-26-21)15-24(4)5/h6-10,13-14,25H,11-12,15H2,1-5H3. The number of ether oxygens (including phenoxy) is 1. The zero-order chi connectivity index (χ0) is 18.9. The Bertz CT molecular complexity index is 828. The number of fused-ring (bicyclic) bond motifs is 1. The lowest BCUT2D eigenvalue weighted by molar-refractivity contribution is 0.318. The molecule has 2 aromatic carbocycles. The maximum atomic E-state index is 10.0. The predicted octanol–water partition coefficient (Wildman–Crippen LogP) is 4.84. The van der Waals surface area contributed by atoms with Gasteiger partial charge in [-0.15, -0.1) is 0 Å². The van der Waals surface area contributed by atoms with Gasteiger partial charge in [0.15, 0.2) is 0 Å². The van der Waals surface area contributed by atoms with E-state index in [0.717, 1.165) is 29.8 Å². The van der Waals surface area contributed by atoms with Crippen LogP contribution in [0.25, 0.3) is 5.57 Å². The smallest absolute Gasteiger partial charge is 0.127 e. The molecule has 3 heteroatoms. The Hall–Kier alpha value is -2.26. The molecule has 0 unspecified atom stereocenters. The van der Waals surface area contributed by atoms with Crippen LogP contribution in [0.1, 0.15) is 43.9 Å². The van der Waals surface area contributed by atoms with Crippen molar-refractivity contribution in [2.75, 3.05) is 27.2 Å². The summed E-state index contributed by atoms with van der Waals surface area (Å²) >= 11 is 0. The van der Waals surface area contributed by atoms with Crippen molar-refractivity contribution in [1.82, 2.24) is 4.90 Å². The molecule has 2 aromatic rings. The van der Waals surface area contributed by atoms with Crippen LogP contribution in [0, 0.1) is 0 Å². The SMILES string of the molecule is CN(C)CC1=C(c2cccc(O)c2)c2cc(C(C)(C)C)ccc2OCC1. The fourth-order valence-electron chi connectivity index (χ4n) is 3.48. The van der Waals surface area contributed by atoms with Gasteiger partial charge in [-0.2, -0.15) is 0 Å². The van der Waals surface area contributed by atoms with Gasteiger partial charge in [0.1, 0.15) is 11.5 Å². The highest BCUT2D eigenvalue weighted by molar-refractivity contribution is 5.86. The molecule has 0 amide bonds. The molecular formula is C23H29NO2. The lowest BCUT2D eigenvalue weighted by Gasteiger charge is -2.23. The van der Waals surface area contributed by atoms with E-state index in [9.17, 15) is 5.11 Å². The third-order valence-corrected chi connectivity index (χ3v) is 4.77. The molecule has 138 valence electrons. The molecule has 0 fully saturated rings. The van der Waals surface area contributed by atoms with Gasteiger partial charge >= 0.3 is 0 Å². The third-order valence-electron chi connectivity index (χ3n) is 4.77. The highest BCUT2D eigenvalue weighted by atomic mass is 16.5. The molecular weight excluding hydrogens is 322 g/mol. The van der Waals surface area contributed by atoms with Crippen molar-refractivity contribution in [3.63, 3.8) is 0 Å². The molecule has 0 atom stereocenters. The first kappa shape index (κ1) is 18.5. The molecule has 1 heterocycles. The number of hydrogen-bond acceptors (Lipinski definition) is 3. The number of likely N-dealkylation sites (N-methyl/N-ethyl adjacent to an activating group) is 1. The molecule has 3 rings (SSSR count). The van der Waals surface area contributed by atoms with Crippen LogP contribution in [0.5, 0.6) is 11.5 Å². The highest BCUT2D eigenvalue weighted by Gasteiger charge is 2.23. The van der Waals surface area contributed by atoms with E-state index in [1.54, 1.807) is 6.07 Å². The zero-order valence-electron chi connectivity index (χ0n) is 16.5. The lowest BCUT2D eigenvalue weighted by atomic mass is 9.83. The molecule has 26 heavy (non-hydrogen) atoms. The maximum absolute atomic E-state index is 10.0. The van der Waals surface area contributed by atoms with E-state index < -0.39 is 0 Å². The second-order valence-electron chi connectivity index (χ2n) is 8.33. The Morgan fingerprint density at radius 1 is 1.08 bits per heavy atom.